The fourth-order valence-corrected chi connectivity index (χ4v) is 3.78. The Kier molecular flexibility index (Phi) is 5.43. The number of piperazine rings is 1. The third-order valence-electron chi connectivity index (χ3n) is 3.78. The molecule has 1 aliphatic heterocycles. The van der Waals surface area contributed by atoms with Gasteiger partial charge in [-0.05, 0) is 32.5 Å². The van der Waals surface area contributed by atoms with E-state index in [4.69, 9.17) is 4.42 Å². The summed E-state index contributed by atoms with van der Waals surface area (Å²) in [6.07, 6.45) is 0. The number of rotatable bonds is 6. The second-order valence-corrected chi connectivity index (χ2v) is 7.40. The van der Waals surface area contributed by atoms with Gasteiger partial charge in [-0.25, -0.2) is 8.42 Å². The molecule has 0 unspecified atom stereocenters. The number of sulfonamides is 1. The maximum absolute atomic E-state index is 12.5. The van der Waals surface area contributed by atoms with Gasteiger partial charge in [0.2, 0.25) is 5.09 Å². The Labute approximate surface area is 127 Å². The van der Waals surface area contributed by atoms with Crippen molar-refractivity contribution in [3.05, 3.63) is 17.9 Å². The Hall–Kier alpha value is -0.890. The first-order chi connectivity index (χ1) is 9.95. The minimum atomic E-state index is -3.50. The molecule has 0 amide bonds. The van der Waals surface area contributed by atoms with Gasteiger partial charge in [-0.3, -0.25) is 4.90 Å². The van der Waals surface area contributed by atoms with E-state index in [1.807, 2.05) is 6.92 Å². The molecule has 1 aromatic rings. The molecule has 0 atom stereocenters. The molecule has 6 nitrogen and oxygen atoms in total. The second-order valence-electron chi connectivity index (χ2n) is 5.53. The number of hydrogen-bond donors (Lipinski definition) is 1. The highest BCUT2D eigenvalue weighted by atomic mass is 32.2. The molecule has 0 bridgehead atoms. The van der Waals surface area contributed by atoms with Gasteiger partial charge in [0.15, 0.2) is 0 Å². The van der Waals surface area contributed by atoms with Gasteiger partial charge in [0.05, 0.1) is 6.54 Å². The van der Waals surface area contributed by atoms with Crippen LogP contribution < -0.4 is 5.32 Å². The minimum Gasteiger partial charge on any atom is -0.447 e. The Morgan fingerprint density at radius 2 is 1.90 bits per heavy atom. The highest BCUT2D eigenvalue weighted by Gasteiger charge is 2.31. The van der Waals surface area contributed by atoms with Crippen molar-refractivity contribution in [1.82, 2.24) is 14.5 Å². The van der Waals surface area contributed by atoms with Crippen LogP contribution >= 0.6 is 0 Å². The molecule has 0 aliphatic carbocycles. The molecule has 1 N–H and O–H groups in total. The van der Waals surface area contributed by atoms with Crippen LogP contribution in [0.15, 0.2) is 21.6 Å². The second kappa shape index (κ2) is 6.91. The topological polar surface area (TPSA) is 65.8 Å². The maximum Gasteiger partial charge on any atom is 0.276 e. The third-order valence-corrected chi connectivity index (χ3v) is 5.56. The van der Waals surface area contributed by atoms with Crippen LogP contribution in [0, 0.1) is 0 Å². The monoisotopic (exact) mass is 315 g/mol. The predicted molar refractivity (Wildman–Crippen MR) is 81.6 cm³/mol. The van der Waals surface area contributed by atoms with Gasteiger partial charge in [-0.2, -0.15) is 4.31 Å². The molecule has 7 heteroatoms. The first kappa shape index (κ1) is 16.5. The summed E-state index contributed by atoms with van der Waals surface area (Å²) in [4.78, 5) is 2.28. The lowest BCUT2D eigenvalue weighted by atomic mass is 10.3. The Balaban J connectivity index is 2.03. The highest BCUT2D eigenvalue weighted by Crippen LogP contribution is 2.20. The molecule has 2 heterocycles. The van der Waals surface area contributed by atoms with Crippen LogP contribution in [0.1, 0.15) is 26.5 Å². The average molecular weight is 315 g/mol. The quantitative estimate of drug-likeness (QED) is 0.852. The van der Waals surface area contributed by atoms with Crippen molar-refractivity contribution in [2.75, 3.05) is 32.7 Å². The maximum atomic E-state index is 12.5. The predicted octanol–water partition coefficient (Wildman–Crippen LogP) is 1.10. The fraction of sp³-hybridized carbons (Fsp3) is 0.714. The molecule has 1 saturated heterocycles. The molecule has 0 spiro atoms. The summed E-state index contributed by atoms with van der Waals surface area (Å²) < 4.78 is 32.1. The van der Waals surface area contributed by atoms with E-state index >= 15 is 0 Å². The van der Waals surface area contributed by atoms with E-state index in [-0.39, 0.29) is 5.09 Å². The van der Waals surface area contributed by atoms with Crippen molar-refractivity contribution in [2.24, 2.45) is 0 Å². The van der Waals surface area contributed by atoms with Crippen LogP contribution in [0.2, 0.25) is 0 Å². The van der Waals surface area contributed by atoms with E-state index in [0.29, 0.717) is 31.4 Å². The van der Waals surface area contributed by atoms with Crippen LogP contribution in [-0.2, 0) is 16.6 Å². The molecule has 1 fully saturated rings. The first-order valence-electron chi connectivity index (χ1n) is 7.48. The molecule has 120 valence electrons. The molecule has 2 rings (SSSR count). The van der Waals surface area contributed by atoms with E-state index in [1.165, 1.54) is 4.31 Å². The molecular weight excluding hydrogens is 290 g/mol. The van der Waals surface area contributed by atoms with E-state index in [0.717, 1.165) is 19.6 Å². The van der Waals surface area contributed by atoms with E-state index < -0.39 is 10.0 Å². The van der Waals surface area contributed by atoms with Gasteiger partial charge in [-0.1, -0.05) is 6.92 Å². The summed E-state index contributed by atoms with van der Waals surface area (Å²) in [7, 11) is -3.50. The van der Waals surface area contributed by atoms with Crippen LogP contribution in [0.5, 0.6) is 0 Å². The van der Waals surface area contributed by atoms with Crippen molar-refractivity contribution < 1.29 is 12.8 Å². The number of furan rings is 1. The van der Waals surface area contributed by atoms with E-state index in [2.05, 4.69) is 24.1 Å². The zero-order valence-electron chi connectivity index (χ0n) is 13.0. The summed E-state index contributed by atoms with van der Waals surface area (Å²) in [5, 5.41) is 3.17. The van der Waals surface area contributed by atoms with Gasteiger partial charge in [-0.15, -0.1) is 0 Å². The Bertz CT molecular complexity index is 546. The van der Waals surface area contributed by atoms with Crippen LogP contribution in [0.25, 0.3) is 0 Å². The molecule has 0 radical (unpaired) electrons. The molecule has 21 heavy (non-hydrogen) atoms. The lowest BCUT2D eigenvalue weighted by Crippen LogP contribution is -2.50. The van der Waals surface area contributed by atoms with Crippen molar-refractivity contribution in [3.8, 4) is 0 Å². The van der Waals surface area contributed by atoms with E-state index in [1.54, 1.807) is 12.1 Å². The lowest BCUT2D eigenvalue weighted by Gasteiger charge is -2.35. The normalized spacial score (nSPS) is 18.5. The van der Waals surface area contributed by atoms with Crippen molar-refractivity contribution in [3.63, 3.8) is 0 Å². The molecular formula is C14H25N3O3S. The lowest BCUT2D eigenvalue weighted by molar-refractivity contribution is 0.153. The third kappa shape index (κ3) is 3.85. The van der Waals surface area contributed by atoms with Crippen LogP contribution in [0.3, 0.4) is 0 Å². The minimum absolute atomic E-state index is 0.0494. The smallest absolute Gasteiger partial charge is 0.276 e. The first-order valence-corrected chi connectivity index (χ1v) is 8.92. The molecule has 1 aromatic heterocycles. The summed E-state index contributed by atoms with van der Waals surface area (Å²) in [6.45, 7) is 10.2. The summed E-state index contributed by atoms with van der Waals surface area (Å²) in [5.41, 5.74) is 0. The van der Waals surface area contributed by atoms with Crippen molar-refractivity contribution in [1.29, 1.82) is 0 Å². The number of hydrogen-bond acceptors (Lipinski definition) is 5. The number of nitrogens with zero attached hydrogens (tertiary/aromatic N) is 2. The van der Waals surface area contributed by atoms with E-state index in [9.17, 15) is 8.42 Å². The van der Waals surface area contributed by atoms with Gasteiger partial charge >= 0.3 is 0 Å². The van der Waals surface area contributed by atoms with Gasteiger partial charge in [0.25, 0.3) is 10.0 Å². The van der Waals surface area contributed by atoms with Gasteiger partial charge < -0.3 is 9.73 Å². The summed E-state index contributed by atoms with van der Waals surface area (Å²) in [6, 6.07) is 3.72. The fourth-order valence-electron chi connectivity index (χ4n) is 2.43. The standard InChI is InChI=1S/C14H25N3O3S/c1-4-15-11-13-5-6-14(20-13)21(18,19)17-9-7-16(8-10-17)12(2)3/h5-6,12,15H,4,7-11H2,1-3H3. The SMILES string of the molecule is CCNCc1ccc(S(=O)(=O)N2CCN(C(C)C)CC2)o1. The Morgan fingerprint density at radius 3 is 2.48 bits per heavy atom. The van der Waals surface area contributed by atoms with Gasteiger partial charge in [0.1, 0.15) is 5.76 Å². The Morgan fingerprint density at radius 1 is 1.24 bits per heavy atom. The van der Waals surface area contributed by atoms with Crippen LogP contribution in [-0.4, -0.2) is 56.4 Å². The summed E-state index contributed by atoms with van der Waals surface area (Å²) in [5.74, 6) is 0.649. The largest absolute Gasteiger partial charge is 0.447 e. The van der Waals surface area contributed by atoms with Crippen molar-refractivity contribution in [2.45, 2.75) is 38.5 Å². The molecule has 0 saturated carbocycles. The molecule has 0 aromatic carbocycles. The van der Waals surface area contributed by atoms with Gasteiger partial charge in [0, 0.05) is 32.2 Å². The molecule has 1 aliphatic rings. The average Bonchev–Trinajstić information content (AvgIpc) is 2.94. The highest BCUT2D eigenvalue weighted by molar-refractivity contribution is 7.89. The van der Waals surface area contributed by atoms with Crippen molar-refractivity contribution >= 4 is 10.0 Å². The van der Waals surface area contributed by atoms with Crippen LogP contribution in [0.4, 0.5) is 0 Å². The number of nitrogens with one attached hydrogen (secondary N) is 1. The zero-order valence-corrected chi connectivity index (χ0v) is 13.8. The summed E-state index contributed by atoms with van der Waals surface area (Å²) >= 11 is 0. The zero-order chi connectivity index (χ0) is 15.5.